The van der Waals surface area contributed by atoms with Gasteiger partial charge in [-0.1, -0.05) is 24.3 Å². The Morgan fingerprint density at radius 1 is 0.933 bits per heavy atom. The minimum Gasteiger partial charge on any atom is -0.389 e. The van der Waals surface area contributed by atoms with Crippen molar-refractivity contribution in [3.05, 3.63) is 71.8 Å². The van der Waals surface area contributed by atoms with Crippen molar-refractivity contribution in [3.63, 3.8) is 0 Å². The molecule has 1 aliphatic heterocycles. The smallest absolute Gasteiger partial charge is 0.261 e. The van der Waals surface area contributed by atoms with Crippen molar-refractivity contribution < 1.29 is 19.5 Å². The predicted molar refractivity (Wildman–Crippen MR) is 113 cm³/mol. The average Bonchev–Trinajstić information content (AvgIpc) is 3.56. The molecule has 1 aliphatic carbocycles. The summed E-state index contributed by atoms with van der Waals surface area (Å²) in [7, 11) is 0. The van der Waals surface area contributed by atoms with E-state index in [4.69, 9.17) is 4.84 Å². The Labute approximate surface area is 174 Å². The van der Waals surface area contributed by atoms with E-state index >= 15 is 0 Å². The molecule has 0 saturated heterocycles. The molecule has 156 valence electrons. The number of fused-ring (bicyclic) bond motifs is 1. The second-order valence-corrected chi connectivity index (χ2v) is 7.18. The molecular formula is C22H24N4O4. The number of hydrogen-bond acceptors (Lipinski definition) is 7. The summed E-state index contributed by atoms with van der Waals surface area (Å²) in [5, 5.41) is 16.7. The van der Waals surface area contributed by atoms with Crippen LogP contribution in [0.2, 0.25) is 0 Å². The van der Waals surface area contributed by atoms with Crippen LogP contribution in [0, 0.1) is 0 Å². The van der Waals surface area contributed by atoms with Gasteiger partial charge in [-0.05, 0) is 36.4 Å². The van der Waals surface area contributed by atoms with Gasteiger partial charge in [-0.25, -0.2) is 0 Å². The van der Waals surface area contributed by atoms with Crippen LogP contribution < -0.4 is 16.1 Å². The first-order chi connectivity index (χ1) is 14.6. The molecule has 2 aromatic carbocycles. The maximum Gasteiger partial charge on any atom is 0.261 e. The highest BCUT2D eigenvalue weighted by atomic mass is 16.6. The lowest BCUT2D eigenvalue weighted by Crippen LogP contribution is -2.39. The van der Waals surface area contributed by atoms with Crippen molar-refractivity contribution in [2.45, 2.75) is 12.1 Å². The molecule has 1 unspecified atom stereocenters. The largest absolute Gasteiger partial charge is 0.389 e. The fraction of sp³-hybridized carbons (Fsp3) is 0.273. The van der Waals surface area contributed by atoms with Crippen LogP contribution >= 0.6 is 0 Å². The van der Waals surface area contributed by atoms with Crippen molar-refractivity contribution in [3.8, 4) is 0 Å². The van der Waals surface area contributed by atoms with Crippen LogP contribution in [0.3, 0.4) is 0 Å². The summed E-state index contributed by atoms with van der Waals surface area (Å²) in [5.41, 5.74) is 5.45. The molecule has 8 nitrogen and oxygen atoms in total. The third-order valence-corrected chi connectivity index (χ3v) is 4.84. The Hall–Kier alpha value is -3.20. The quantitative estimate of drug-likeness (QED) is 0.194. The number of imide groups is 1. The van der Waals surface area contributed by atoms with Crippen LogP contribution in [0.25, 0.3) is 0 Å². The predicted octanol–water partition coefficient (Wildman–Crippen LogP) is 1.63. The van der Waals surface area contributed by atoms with Gasteiger partial charge in [0.1, 0.15) is 0 Å². The first kappa shape index (κ1) is 20.1. The van der Waals surface area contributed by atoms with Gasteiger partial charge < -0.3 is 15.7 Å². The molecule has 4 N–H and O–H groups in total. The van der Waals surface area contributed by atoms with Crippen molar-refractivity contribution >= 4 is 23.2 Å². The molecule has 0 spiro atoms. The van der Waals surface area contributed by atoms with E-state index in [1.54, 1.807) is 24.3 Å². The molecule has 1 heterocycles. The first-order valence-electron chi connectivity index (χ1n) is 9.88. The number of rotatable bonds is 11. The number of nitrogens with one attached hydrogen (secondary N) is 3. The number of hydrogen-bond donors (Lipinski definition) is 4. The number of aliphatic hydroxyl groups excluding tert-OH is 1. The highest BCUT2D eigenvalue weighted by Crippen LogP contribution is 2.22. The highest BCUT2D eigenvalue weighted by molar-refractivity contribution is 6.21. The monoisotopic (exact) mass is 408 g/mol. The molecule has 0 radical (unpaired) electrons. The lowest BCUT2D eigenvalue weighted by Gasteiger charge is -2.19. The fourth-order valence-corrected chi connectivity index (χ4v) is 3.16. The van der Waals surface area contributed by atoms with Gasteiger partial charge in [0.25, 0.3) is 11.8 Å². The van der Waals surface area contributed by atoms with E-state index in [1.165, 1.54) is 0 Å². The maximum absolute atomic E-state index is 12.4. The van der Waals surface area contributed by atoms with Gasteiger partial charge in [0.2, 0.25) is 0 Å². The van der Waals surface area contributed by atoms with Crippen LogP contribution in [0.5, 0.6) is 0 Å². The Morgan fingerprint density at radius 3 is 2.13 bits per heavy atom. The Bertz CT molecular complexity index is 903. The number of anilines is 2. The molecule has 1 atom stereocenters. The van der Waals surface area contributed by atoms with Gasteiger partial charge in [-0.15, -0.1) is 0 Å². The summed E-state index contributed by atoms with van der Waals surface area (Å²) in [6.07, 6.45) is 3.14. The summed E-state index contributed by atoms with van der Waals surface area (Å²) in [6.45, 7) is 1.38. The van der Waals surface area contributed by atoms with Crippen LogP contribution in [0.1, 0.15) is 20.7 Å². The van der Waals surface area contributed by atoms with E-state index in [1.807, 2.05) is 36.4 Å². The molecule has 0 aromatic heterocycles. The molecule has 0 fully saturated rings. The van der Waals surface area contributed by atoms with Crippen molar-refractivity contribution in [1.29, 1.82) is 0 Å². The molecule has 8 heteroatoms. The number of carbonyl (C=O) groups excluding carboxylic acids is 2. The number of nitrogens with zero attached hydrogens (tertiary/aromatic N) is 1. The lowest BCUT2D eigenvalue weighted by atomic mass is 10.1. The Balaban J connectivity index is 1.19. The number of carbonyl (C=O) groups is 2. The minimum atomic E-state index is -0.879. The van der Waals surface area contributed by atoms with Crippen LogP contribution in [-0.4, -0.2) is 60.2 Å². The normalized spacial score (nSPS) is 16.0. The second-order valence-electron chi connectivity index (χ2n) is 7.18. The number of hydroxylamine groups is 1. The van der Waals surface area contributed by atoms with E-state index in [-0.39, 0.29) is 30.9 Å². The molecule has 0 saturated carbocycles. The van der Waals surface area contributed by atoms with Gasteiger partial charge in [-0.3, -0.25) is 19.3 Å². The van der Waals surface area contributed by atoms with E-state index in [9.17, 15) is 14.7 Å². The van der Waals surface area contributed by atoms with Gasteiger partial charge in [0.05, 0.1) is 36.4 Å². The van der Waals surface area contributed by atoms with Crippen molar-refractivity contribution in [2.75, 3.05) is 36.9 Å². The molecule has 30 heavy (non-hydrogen) atoms. The minimum absolute atomic E-state index is 0.0522. The molecule has 2 aromatic rings. The van der Waals surface area contributed by atoms with Gasteiger partial charge in [-0.2, -0.15) is 5.48 Å². The van der Waals surface area contributed by atoms with E-state index in [0.29, 0.717) is 24.3 Å². The van der Waals surface area contributed by atoms with Crippen LogP contribution in [-0.2, 0) is 4.84 Å². The zero-order chi connectivity index (χ0) is 20.9. The SMILES string of the molecule is O=C1c2ccccc2C(=O)N1CC(O)CNc1ccc(NCCONC2C=C2)cc1. The van der Waals surface area contributed by atoms with E-state index in [2.05, 4.69) is 16.1 Å². The number of aliphatic hydroxyl groups is 1. The van der Waals surface area contributed by atoms with Crippen LogP contribution in [0.4, 0.5) is 11.4 Å². The summed E-state index contributed by atoms with van der Waals surface area (Å²) in [4.78, 5) is 31.1. The zero-order valence-corrected chi connectivity index (χ0v) is 16.4. The second kappa shape index (κ2) is 9.08. The third kappa shape index (κ3) is 4.85. The Kier molecular flexibility index (Phi) is 6.08. The van der Waals surface area contributed by atoms with Crippen molar-refractivity contribution in [2.24, 2.45) is 0 Å². The molecule has 2 aliphatic rings. The summed E-state index contributed by atoms with van der Waals surface area (Å²) in [5.74, 6) is -0.727. The summed E-state index contributed by atoms with van der Waals surface area (Å²) >= 11 is 0. The Morgan fingerprint density at radius 2 is 1.53 bits per heavy atom. The van der Waals surface area contributed by atoms with E-state index in [0.717, 1.165) is 16.3 Å². The number of β-amino-alcohol motifs (C(OH)–C–C–N with tert-alkyl or cyclic N) is 1. The molecule has 2 amide bonds. The summed E-state index contributed by atoms with van der Waals surface area (Å²) in [6, 6.07) is 14.6. The van der Waals surface area contributed by atoms with Gasteiger partial charge >= 0.3 is 0 Å². The van der Waals surface area contributed by atoms with Gasteiger partial charge in [0, 0.05) is 24.5 Å². The average molecular weight is 408 g/mol. The zero-order valence-electron chi connectivity index (χ0n) is 16.4. The fourth-order valence-electron chi connectivity index (χ4n) is 3.16. The molecule has 4 rings (SSSR count). The van der Waals surface area contributed by atoms with Crippen LogP contribution in [0.15, 0.2) is 60.7 Å². The topological polar surface area (TPSA) is 103 Å². The standard InChI is InChI=1S/C22H24N4O4/c27-18(14-26-21(28)19-3-1-2-4-20(19)22(26)29)13-24-16-7-5-15(6-8-16)23-11-12-30-25-17-9-10-17/h1-10,17-18,23-25,27H,11-14H2. The molecule has 0 bridgehead atoms. The highest BCUT2D eigenvalue weighted by Gasteiger charge is 2.35. The van der Waals surface area contributed by atoms with Gasteiger partial charge in [0.15, 0.2) is 0 Å². The van der Waals surface area contributed by atoms with E-state index < -0.39 is 6.10 Å². The molecular weight excluding hydrogens is 384 g/mol. The maximum atomic E-state index is 12.4. The summed E-state index contributed by atoms with van der Waals surface area (Å²) < 4.78 is 0. The first-order valence-corrected chi connectivity index (χ1v) is 9.88. The number of benzene rings is 2. The number of amides is 2. The lowest BCUT2D eigenvalue weighted by molar-refractivity contribution is 0.0482. The third-order valence-electron chi connectivity index (χ3n) is 4.84. The van der Waals surface area contributed by atoms with Crippen molar-refractivity contribution in [1.82, 2.24) is 10.4 Å².